The molecule has 2 aromatic carbocycles. The fourth-order valence-electron chi connectivity index (χ4n) is 1.97. The Balaban J connectivity index is 2.06. The van der Waals surface area contributed by atoms with Crippen molar-refractivity contribution >= 4 is 21.7 Å². The van der Waals surface area contributed by atoms with Crippen molar-refractivity contribution in [3.63, 3.8) is 0 Å². The highest BCUT2D eigenvalue weighted by molar-refractivity contribution is 9.10. The molecule has 0 spiro atoms. The van der Waals surface area contributed by atoms with Crippen molar-refractivity contribution in [1.29, 1.82) is 0 Å². The lowest BCUT2D eigenvalue weighted by Crippen LogP contribution is -2.33. The average molecular weight is 345 g/mol. The van der Waals surface area contributed by atoms with Crippen LogP contribution in [0.2, 0.25) is 0 Å². The number of hydrogen-bond acceptors (Lipinski definition) is 4. The summed E-state index contributed by atoms with van der Waals surface area (Å²) in [6.45, 7) is 0. The van der Waals surface area contributed by atoms with Gasteiger partial charge in [0.05, 0.1) is 10.8 Å². The topological polar surface area (TPSA) is 70.0 Å². The molecule has 6 heteroatoms. The standard InChI is InChI=1S/C15H9BrN2O3/c16-11-7-5-10(6-8-11)15(20)12-3-1-2-4-13(12)18-9-14(19)21-17-18/h1-9H. The Morgan fingerprint density at radius 1 is 1.14 bits per heavy atom. The zero-order chi connectivity index (χ0) is 14.8. The van der Waals surface area contributed by atoms with E-state index >= 15 is 0 Å². The van der Waals surface area contributed by atoms with E-state index in [-0.39, 0.29) is 5.78 Å². The van der Waals surface area contributed by atoms with Crippen molar-refractivity contribution < 1.29 is 19.1 Å². The van der Waals surface area contributed by atoms with Gasteiger partial charge in [0.15, 0.2) is 5.78 Å². The van der Waals surface area contributed by atoms with Crippen molar-refractivity contribution in [2.45, 2.75) is 0 Å². The van der Waals surface area contributed by atoms with Crippen LogP contribution >= 0.6 is 15.9 Å². The van der Waals surface area contributed by atoms with Gasteiger partial charge >= 0.3 is 0 Å². The molecule has 0 aliphatic heterocycles. The number of rotatable bonds is 3. The van der Waals surface area contributed by atoms with Crippen LogP contribution in [0.15, 0.2) is 63.7 Å². The zero-order valence-corrected chi connectivity index (χ0v) is 12.3. The van der Waals surface area contributed by atoms with E-state index in [1.807, 2.05) is 0 Å². The third-order valence-electron chi connectivity index (χ3n) is 2.95. The molecule has 1 aromatic heterocycles. The highest BCUT2D eigenvalue weighted by atomic mass is 79.9. The maximum Gasteiger partial charge on any atom is 0.250 e. The molecule has 3 aromatic rings. The molecule has 3 rings (SSSR count). The van der Waals surface area contributed by atoms with Crippen LogP contribution < -0.4 is 9.79 Å². The molecule has 21 heavy (non-hydrogen) atoms. The van der Waals surface area contributed by atoms with Crippen LogP contribution in [0.4, 0.5) is 0 Å². The van der Waals surface area contributed by atoms with Gasteiger partial charge in [0, 0.05) is 16.1 Å². The van der Waals surface area contributed by atoms with Gasteiger partial charge in [-0.25, -0.2) is 0 Å². The molecule has 0 saturated carbocycles. The SMILES string of the molecule is O=C(c1ccc(Br)cc1)c1ccccc1-[n+]1cc([O-])on1. The van der Waals surface area contributed by atoms with Crippen LogP contribution in [0.5, 0.6) is 5.95 Å². The van der Waals surface area contributed by atoms with Gasteiger partial charge in [-0.1, -0.05) is 28.1 Å². The number of aromatic nitrogens is 2. The Labute approximate surface area is 128 Å². The molecule has 0 radical (unpaired) electrons. The first-order chi connectivity index (χ1) is 10.1. The molecule has 0 bridgehead atoms. The molecule has 0 amide bonds. The van der Waals surface area contributed by atoms with Gasteiger partial charge in [0.2, 0.25) is 11.9 Å². The van der Waals surface area contributed by atoms with E-state index in [1.54, 1.807) is 48.5 Å². The number of hydrogen-bond donors (Lipinski definition) is 0. The van der Waals surface area contributed by atoms with Crippen molar-refractivity contribution in [2.24, 2.45) is 0 Å². The number of para-hydroxylation sites is 1. The van der Waals surface area contributed by atoms with Crippen molar-refractivity contribution in [3.05, 3.63) is 70.3 Å². The van der Waals surface area contributed by atoms with Gasteiger partial charge in [-0.05, 0) is 35.0 Å². The van der Waals surface area contributed by atoms with E-state index in [1.165, 1.54) is 10.9 Å². The summed E-state index contributed by atoms with van der Waals surface area (Å²) in [7, 11) is 0. The maximum absolute atomic E-state index is 12.6. The first-order valence-corrected chi connectivity index (χ1v) is 6.90. The van der Waals surface area contributed by atoms with Crippen LogP contribution in [0.3, 0.4) is 0 Å². The first kappa shape index (κ1) is 13.5. The van der Waals surface area contributed by atoms with E-state index in [2.05, 4.69) is 25.7 Å². The fourth-order valence-corrected chi connectivity index (χ4v) is 2.23. The summed E-state index contributed by atoms with van der Waals surface area (Å²) in [6.07, 6.45) is 1.19. The second-order valence-corrected chi connectivity index (χ2v) is 5.23. The summed E-state index contributed by atoms with van der Waals surface area (Å²) in [4.78, 5) is 12.6. The van der Waals surface area contributed by atoms with Gasteiger partial charge in [-0.2, -0.15) is 0 Å². The lowest BCUT2D eigenvalue weighted by molar-refractivity contribution is -0.670. The maximum atomic E-state index is 12.6. The lowest BCUT2D eigenvalue weighted by Gasteiger charge is -2.02. The van der Waals surface area contributed by atoms with E-state index in [0.717, 1.165) is 4.47 Å². The van der Waals surface area contributed by atoms with Crippen molar-refractivity contribution in [2.75, 3.05) is 0 Å². The largest absolute Gasteiger partial charge is 0.539 e. The number of carbonyl (C=O) groups excluding carboxylic acids is 1. The van der Waals surface area contributed by atoms with E-state index in [9.17, 15) is 9.90 Å². The van der Waals surface area contributed by atoms with Crippen LogP contribution in [-0.4, -0.2) is 11.1 Å². The molecule has 0 aliphatic rings. The second kappa shape index (κ2) is 5.49. The summed E-state index contributed by atoms with van der Waals surface area (Å²) >= 11 is 3.33. The summed E-state index contributed by atoms with van der Waals surface area (Å²) < 4.78 is 6.67. The molecule has 0 unspecified atom stereocenters. The number of benzene rings is 2. The Kier molecular flexibility index (Phi) is 3.53. The summed E-state index contributed by atoms with van der Waals surface area (Å²) in [5, 5.41) is 14.7. The minimum atomic E-state index is -0.569. The molecule has 0 saturated heterocycles. The molecule has 0 fully saturated rings. The van der Waals surface area contributed by atoms with Gasteiger partial charge in [0.1, 0.15) is 5.95 Å². The molecule has 104 valence electrons. The predicted molar refractivity (Wildman–Crippen MR) is 75.1 cm³/mol. The zero-order valence-electron chi connectivity index (χ0n) is 10.7. The molecular formula is C15H9BrN2O3. The van der Waals surface area contributed by atoms with Crippen LogP contribution in [-0.2, 0) is 0 Å². The van der Waals surface area contributed by atoms with E-state index < -0.39 is 5.95 Å². The fraction of sp³-hybridized carbons (Fsp3) is 0. The van der Waals surface area contributed by atoms with E-state index in [0.29, 0.717) is 16.8 Å². The van der Waals surface area contributed by atoms with Crippen LogP contribution in [0.1, 0.15) is 15.9 Å². The minimum absolute atomic E-state index is 0.152. The summed E-state index contributed by atoms with van der Waals surface area (Å²) in [6, 6.07) is 14.0. The lowest BCUT2D eigenvalue weighted by atomic mass is 10.0. The summed E-state index contributed by atoms with van der Waals surface area (Å²) in [5.41, 5.74) is 1.49. The smallest absolute Gasteiger partial charge is 0.250 e. The monoisotopic (exact) mass is 344 g/mol. The molecule has 5 nitrogen and oxygen atoms in total. The van der Waals surface area contributed by atoms with Gasteiger partial charge in [-0.3, -0.25) is 4.79 Å². The Morgan fingerprint density at radius 3 is 2.52 bits per heavy atom. The van der Waals surface area contributed by atoms with Crippen molar-refractivity contribution in [1.82, 2.24) is 5.27 Å². The molecule has 1 heterocycles. The quantitative estimate of drug-likeness (QED) is 0.538. The highest BCUT2D eigenvalue weighted by Crippen LogP contribution is 2.17. The molecule has 0 N–H and O–H groups in total. The molecule has 0 atom stereocenters. The Bertz CT molecular complexity index is 797. The van der Waals surface area contributed by atoms with Gasteiger partial charge in [0.25, 0.3) is 0 Å². The second-order valence-electron chi connectivity index (χ2n) is 4.32. The predicted octanol–water partition coefficient (Wildman–Crippen LogP) is 2.02. The van der Waals surface area contributed by atoms with Gasteiger partial charge in [-0.15, -0.1) is 0 Å². The van der Waals surface area contributed by atoms with Crippen molar-refractivity contribution in [3.8, 4) is 11.6 Å². The normalized spacial score (nSPS) is 10.5. The minimum Gasteiger partial charge on any atom is -0.539 e. The summed E-state index contributed by atoms with van der Waals surface area (Å²) in [5.74, 6) is -0.720. The first-order valence-electron chi connectivity index (χ1n) is 6.10. The number of nitrogens with zero attached hydrogens (tertiary/aromatic N) is 2. The van der Waals surface area contributed by atoms with Crippen LogP contribution in [0, 0.1) is 0 Å². The van der Waals surface area contributed by atoms with E-state index in [4.69, 9.17) is 0 Å². The van der Waals surface area contributed by atoms with Crippen LogP contribution in [0.25, 0.3) is 5.69 Å². The third kappa shape index (κ3) is 2.71. The highest BCUT2D eigenvalue weighted by Gasteiger charge is 2.21. The number of halogens is 1. The third-order valence-corrected chi connectivity index (χ3v) is 3.48. The molecule has 0 aliphatic carbocycles. The number of ketones is 1. The average Bonchev–Trinajstić information content (AvgIpc) is 2.94. The number of carbonyl (C=O) groups is 1. The van der Waals surface area contributed by atoms with Gasteiger partial charge < -0.3 is 9.63 Å². The Hall–Kier alpha value is -2.47. The molecular weight excluding hydrogens is 336 g/mol. The Morgan fingerprint density at radius 2 is 1.86 bits per heavy atom.